The predicted molar refractivity (Wildman–Crippen MR) is 78.2 cm³/mol. The molecule has 3 N–H and O–H groups in total. The van der Waals surface area contributed by atoms with Crippen LogP contribution in [0, 0.1) is 16.0 Å². The number of nitro groups is 1. The van der Waals surface area contributed by atoms with Crippen LogP contribution in [0.2, 0.25) is 5.02 Å². The summed E-state index contributed by atoms with van der Waals surface area (Å²) in [6.07, 6.45) is 0.780. The van der Waals surface area contributed by atoms with Crippen molar-refractivity contribution in [3.63, 3.8) is 0 Å². The highest BCUT2D eigenvalue weighted by molar-refractivity contribution is 6.34. The minimum atomic E-state index is -0.672. The van der Waals surface area contributed by atoms with Gasteiger partial charge in [0.2, 0.25) is 0 Å². The van der Waals surface area contributed by atoms with Crippen LogP contribution in [0.5, 0.6) is 0 Å². The molecule has 2 unspecified atom stereocenters. The average molecular weight is 314 g/mol. The lowest BCUT2D eigenvalue weighted by Crippen LogP contribution is -2.39. The number of hydrogen-bond donors (Lipinski definition) is 2. The molecule has 8 heteroatoms. The molecule has 0 spiro atoms. The van der Waals surface area contributed by atoms with E-state index in [2.05, 4.69) is 0 Å². The van der Waals surface area contributed by atoms with Crippen LogP contribution in [0.1, 0.15) is 23.7 Å². The van der Waals surface area contributed by atoms with E-state index >= 15 is 0 Å². The molecule has 1 aliphatic rings. The Morgan fingerprint density at radius 2 is 2.29 bits per heavy atom. The third kappa shape index (κ3) is 2.79. The number of aliphatic hydroxyl groups excluding tert-OH is 1. The molecule has 0 aliphatic carbocycles. The van der Waals surface area contributed by atoms with Gasteiger partial charge in [-0.3, -0.25) is 14.9 Å². The van der Waals surface area contributed by atoms with E-state index in [9.17, 15) is 20.0 Å². The minimum absolute atomic E-state index is 0.0275. The van der Waals surface area contributed by atoms with Gasteiger partial charge in [0.25, 0.3) is 11.6 Å². The average Bonchev–Trinajstić information content (AvgIpc) is 2.81. The highest BCUT2D eigenvalue weighted by atomic mass is 35.5. The number of rotatable bonds is 3. The third-order valence-electron chi connectivity index (χ3n) is 3.88. The number of likely N-dealkylation sites (tertiary alicyclic amines) is 1. The highest BCUT2D eigenvalue weighted by Gasteiger charge is 2.35. The first kappa shape index (κ1) is 15.5. The van der Waals surface area contributed by atoms with Crippen molar-refractivity contribution in [2.24, 2.45) is 5.92 Å². The number of hydrogen-bond acceptors (Lipinski definition) is 5. The molecule has 1 amide bonds. The lowest BCUT2D eigenvalue weighted by molar-refractivity contribution is -0.383. The smallest absolute Gasteiger partial charge is 0.294 e. The number of amides is 1. The molecule has 1 aliphatic heterocycles. The van der Waals surface area contributed by atoms with Crippen molar-refractivity contribution in [3.05, 3.63) is 32.8 Å². The van der Waals surface area contributed by atoms with E-state index in [1.807, 2.05) is 6.92 Å². The Bertz CT molecular complexity index is 593. The SMILES string of the molecule is CC1CCN(C(=O)c2cc(Cl)c(N)c([N+](=O)[O-])c2)C1CO. The van der Waals surface area contributed by atoms with E-state index in [0.29, 0.717) is 6.54 Å². The van der Waals surface area contributed by atoms with Crippen LogP contribution in [-0.4, -0.2) is 40.0 Å². The zero-order chi connectivity index (χ0) is 15.7. The van der Waals surface area contributed by atoms with Gasteiger partial charge in [0.15, 0.2) is 0 Å². The molecule has 1 fully saturated rings. The molecule has 21 heavy (non-hydrogen) atoms. The van der Waals surface area contributed by atoms with Crippen molar-refractivity contribution >= 4 is 28.9 Å². The second-order valence-electron chi connectivity index (χ2n) is 5.16. The largest absolute Gasteiger partial charge is 0.394 e. The Labute approximate surface area is 126 Å². The first-order valence-corrected chi connectivity index (χ1v) is 6.89. The summed E-state index contributed by atoms with van der Waals surface area (Å²) in [6, 6.07) is 2.16. The van der Waals surface area contributed by atoms with Gasteiger partial charge in [-0.05, 0) is 18.4 Å². The van der Waals surface area contributed by atoms with Crippen LogP contribution in [0.3, 0.4) is 0 Å². The van der Waals surface area contributed by atoms with Crippen LogP contribution in [0.25, 0.3) is 0 Å². The number of nitrogen functional groups attached to an aromatic ring is 1. The number of benzene rings is 1. The standard InChI is InChI=1S/C13H16ClN3O4/c1-7-2-3-16(11(7)6-18)13(19)8-4-9(14)12(15)10(5-8)17(20)21/h4-5,7,11,18H,2-3,6,15H2,1H3. The summed E-state index contributed by atoms with van der Waals surface area (Å²) >= 11 is 5.86. The van der Waals surface area contributed by atoms with Crippen molar-refractivity contribution in [2.75, 3.05) is 18.9 Å². The summed E-state index contributed by atoms with van der Waals surface area (Å²) in [5.41, 5.74) is 5.10. The lowest BCUT2D eigenvalue weighted by Gasteiger charge is -2.25. The number of halogens is 1. The molecular weight excluding hydrogens is 298 g/mol. The van der Waals surface area contributed by atoms with Crippen LogP contribution in [0.4, 0.5) is 11.4 Å². The summed E-state index contributed by atoms with van der Waals surface area (Å²) in [5.74, 6) is -0.207. The van der Waals surface area contributed by atoms with E-state index in [4.69, 9.17) is 17.3 Å². The maximum absolute atomic E-state index is 12.5. The van der Waals surface area contributed by atoms with E-state index in [0.717, 1.165) is 12.5 Å². The maximum atomic E-state index is 12.5. The Kier molecular flexibility index (Phi) is 4.34. The van der Waals surface area contributed by atoms with Gasteiger partial charge in [0.1, 0.15) is 5.69 Å². The molecule has 1 aromatic rings. The summed E-state index contributed by atoms with van der Waals surface area (Å²) in [6.45, 7) is 2.31. The van der Waals surface area contributed by atoms with Gasteiger partial charge in [0.05, 0.1) is 22.6 Å². The second kappa shape index (κ2) is 5.87. The molecule has 7 nitrogen and oxygen atoms in total. The fraction of sp³-hybridized carbons (Fsp3) is 0.462. The van der Waals surface area contributed by atoms with Crippen LogP contribution < -0.4 is 5.73 Å². The summed E-state index contributed by atoms with van der Waals surface area (Å²) in [4.78, 5) is 24.3. The molecule has 1 aromatic carbocycles. The zero-order valence-corrected chi connectivity index (χ0v) is 12.2. The van der Waals surface area contributed by atoms with Gasteiger partial charge in [-0.25, -0.2) is 0 Å². The molecule has 2 rings (SSSR count). The molecule has 0 aromatic heterocycles. The van der Waals surface area contributed by atoms with Crippen molar-refractivity contribution in [2.45, 2.75) is 19.4 Å². The number of carbonyl (C=O) groups excluding carboxylic acids is 1. The summed E-state index contributed by atoms with van der Waals surface area (Å²) in [7, 11) is 0. The minimum Gasteiger partial charge on any atom is -0.394 e. The van der Waals surface area contributed by atoms with Gasteiger partial charge >= 0.3 is 0 Å². The van der Waals surface area contributed by atoms with Gasteiger partial charge in [0, 0.05) is 18.2 Å². The Morgan fingerprint density at radius 3 is 2.86 bits per heavy atom. The molecule has 0 radical (unpaired) electrons. The van der Waals surface area contributed by atoms with Crippen molar-refractivity contribution in [1.82, 2.24) is 4.90 Å². The van der Waals surface area contributed by atoms with Gasteiger partial charge < -0.3 is 15.7 Å². The molecule has 114 valence electrons. The molecule has 0 bridgehead atoms. The number of aliphatic hydroxyl groups is 1. The van der Waals surface area contributed by atoms with Crippen LogP contribution >= 0.6 is 11.6 Å². The normalized spacial score (nSPS) is 21.6. The van der Waals surface area contributed by atoms with Gasteiger partial charge in [-0.1, -0.05) is 18.5 Å². The topological polar surface area (TPSA) is 110 Å². The molecular formula is C13H16ClN3O4. The number of carbonyl (C=O) groups is 1. The van der Waals surface area contributed by atoms with E-state index in [1.165, 1.54) is 11.0 Å². The molecule has 1 heterocycles. The fourth-order valence-corrected chi connectivity index (χ4v) is 2.80. The highest BCUT2D eigenvalue weighted by Crippen LogP contribution is 2.33. The molecule has 0 saturated carbocycles. The number of nitrogens with zero attached hydrogens (tertiary/aromatic N) is 2. The molecule has 2 atom stereocenters. The van der Waals surface area contributed by atoms with Gasteiger partial charge in [-0.2, -0.15) is 0 Å². The molecule has 1 saturated heterocycles. The Balaban J connectivity index is 2.38. The van der Waals surface area contributed by atoms with Crippen molar-refractivity contribution in [1.29, 1.82) is 0 Å². The summed E-state index contributed by atoms with van der Waals surface area (Å²) in [5, 5.41) is 20.3. The first-order valence-electron chi connectivity index (χ1n) is 6.52. The van der Waals surface area contributed by atoms with Crippen LogP contribution in [-0.2, 0) is 0 Å². The van der Waals surface area contributed by atoms with Crippen molar-refractivity contribution in [3.8, 4) is 0 Å². The van der Waals surface area contributed by atoms with E-state index < -0.39 is 10.6 Å². The second-order valence-corrected chi connectivity index (χ2v) is 5.57. The summed E-state index contributed by atoms with van der Waals surface area (Å²) < 4.78 is 0. The zero-order valence-electron chi connectivity index (χ0n) is 11.5. The third-order valence-corrected chi connectivity index (χ3v) is 4.19. The number of nitrogens with two attached hydrogens (primary N) is 1. The first-order chi connectivity index (χ1) is 9.86. The quantitative estimate of drug-likeness (QED) is 0.501. The Morgan fingerprint density at radius 1 is 1.62 bits per heavy atom. The number of anilines is 1. The van der Waals surface area contributed by atoms with Crippen LogP contribution in [0.15, 0.2) is 12.1 Å². The Hall–Kier alpha value is -1.86. The van der Waals surface area contributed by atoms with E-state index in [1.54, 1.807) is 0 Å². The fourth-order valence-electron chi connectivity index (χ4n) is 2.58. The lowest BCUT2D eigenvalue weighted by atomic mass is 10.0. The number of nitro benzene ring substituents is 1. The monoisotopic (exact) mass is 313 g/mol. The predicted octanol–water partition coefficient (Wildman–Crippen LogP) is 1.67. The van der Waals surface area contributed by atoms with Gasteiger partial charge in [-0.15, -0.1) is 0 Å². The van der Waals surface area contributed by atoms with E-state index in [-0.39, 0.29) is 40.7 Å². The van der Waals surface area contributed by atoms with Crippen molar-refractivity contribution < 1.29 is 14.8 Å². The maximum Gasteiger partial charge on any atom is 0.294 e.